The Morgan fingerprint density at radius 1 is 0.931 bits per heavy atom. The normalized spacial score (nSPS) is 23.4. The third kappa shape index (κ3) is 4.03. The highest BCUT2D eigenvalue weighted by Crippen LogP contribution is 2.46. The first-order chi connectivity index (χ1) is 13.7. The Morgan fingerprint density at radius 3 is 2.03 bits per heavy atom. The average Bonchev–Trinajstić information content (AvgIpc) is 2.69. The van der Waals surface area contributed by atoms with Gasteiger partial charge in [-0.05, 0) is 32.5 Å². The molecule has 158 valence electrons. The van der Waals surface area contributed by atoms with Gasteiger partial charge in [-0.1, -0.05) is 43.2 Å². The Hall–Kier alpha value is -1.99. The van der Waals surface area contributed by atoms with Crippen LogP contribution in [0.25, 0.3) is 0 Å². The molecule has 7 heteroatoms. The maximum absolute atomic E-state index is 14.6. The molecule has 0 heterocycles. The molecule has 2 aromatic rings. The van der Waals surface area contributed by atoms with Crippen LogP contribution in [0.1, 0.15) is 42.9 Å². The van der Waals surface area contributed by atoms with Crippen LogP contribution in [-0.2, 0) is 6.42 Å². The second-order valence-corrected chi connectivity index (χ2v) is 8.01. The topological polar surface area (TPSA) is 23.5 Å². The molecule has 0 saturated heterocycles. The van der Waals surface area contributed by atoms with Crippen LogP contribution >= 0.6 is 0 Å². The highest BCUT2D eigenvalue weighted by molar-refractivity contribution is 5.29. The summed E-state index contributed by atoms with van der Waals surface area (Å²) in [6.07, 6.45) is 2.44. The van der Waals surface area contributed by atoms with E-state index in [1.165, 1.54) is 19.0 Å². The maximum atomic E-state index is 14.6. The van der Waals surface area contributed by atoms with Gasteiger partial charge < -0.3 is 10.0 Å². The number of halogens is 5. The smallest absolute Gasteiger partial charge is 0.200 e. The summed E-state index contributed by atoms with van der Waals surface area (Å²) in [6.45, 7) is 0. The van der Waals surface area contributed by atoms with Crippen molar-refractivity contribution in [3.05, 3.63) is 70.5 Å². The number of benzene rings is 2. The lowest BCUT2D eigenvalue weighted by atomic mass is 9.67. The van der Waals surface area contributed by atoms with E-state index in [1.54, 1.807) is 0 Å². The fraction of sp³-hybridized carbons (Fsp3) is 0.455. The Balaban J connectivity index is 2.11. The van der Waals surface area contributed by atoms with E-state index >= 15 is 0 Å². The molecule has 3 atom stereocenters. The molecule has 0 bridgehead atoms. The van der Waals surface area contributed by atoms with Crippen LogP contribution < -0.4 is 0 Å². The molecular formula is C22H24F5NO. The highest BCUT2D eigenvalue weighted by Gasteiger charge is 2.47. The van der Waals surface area contributed by atoms with Crippen LogP contribution in [-0.4, -0.2) is 29.7 Å². The minimum Gasteiger partial charge on any atom is -0.389 e. The van der Waals surface area contributed by atoms with Gasteiger partial charge in [-0.15, -0.1) is 0 Å². The summed E-state index contributed by atoms with van der Waals surface area (Å²) in [6, 6.07) is 7.99. The molecule has 3 unspecified atom stereocenters. The van der Waals surface area contributed by atoms with Gasteiger partial charge in [0.1, 0.15) is 0 Å². The third-order valence-electron chi connectivity index (χ3n) is 5.90. The van der Waals surface area contributed by atoms with E-state index in [-0.39, 0.29) is 6.42 Å². The lowest BCUT2D eigenvalue weighted by molar-refractivity contribution is -0.0783. The van der Waals surface area contributed by atoms with Gasteiger partial charge in [-0.25, -0.2) is 22.0 Å². The molecule has 2 aromatic carbocycles. The van der Waals surface area contributed by atoms with Crippen molar-refractivity contribution < 1.29 is 27.1 Å². The molecule has 1 aliphatic carbocycles. The van der Waals surface area contributed by atoms with Crippen LogP contribution in [0.4, 0.5) is 22.0 Å². The van der Waals surface area contributed by atoms with Crippen molar-refractivity contribution in [3.8, 4) is 0 Å². The summed E-state index contributed by atoms with van der Waals surface area (Å²) < 4.78 is 70.6. The minimum atomic E-state index is -2.18. The second kappa shape index (κ2) is 8.40. The van der Waals surface area contributed by atoms with Crippen LogP contribution in [0.3, 0.4) is 0 Å². The third-order valence-corrected chi connectivity index (χ3v) is 5.90. The van der Waals surface area contributed by atoms with Gasteiger partial charge in [-0.2, -0.15) is 0 Å². The second-order valence-electron chi connectivity index (χ2n) is 8.01. The SMILES string of the molecule is CN(C)C(c1c(F)c(F)c(F)c(F)c1F)C1CCCCC1(O)Cc1ccccc1. The van der Waals surface area contributed by atoms with Crippen molar-refractivity contribution in [3.63, 3.8) is 0 Å². The van der Waals surface area contributed by atoms with Crippen molar-refractivity contribution in [2.45, 2.75) is 43.7 Å². The van der Waals surface area contributed by atoms with Gasteiger partial charge in [0.05, 0.1) is 5.60 Å². The van der Waals surface area contributed by atoms with E-state index in [0.29, 0.717) is 19.3 Å². The van der Waals surface area contributed by atoms with Gasteiger partial charge in [-0.3, -0.25) is 0 Å². The molecule has 3 rings (SSSR count). The molecule has 0 radical (unpaired) electrons. The highest BCUT2D eigenvalue weighted by atomic mass is 19.2. The summed E-state index contributed by atoms with van der Waals surface area (Å²) in [7, 11) is 3.03. The predicted octanol–water partition coefficient (Wildman–Crippen LogP) is 5.15. The molecule has 0 spiro atoms. The van der Waals surface area contributed by atoms with Crippen LogP contribution in [0, 0.1) is 35.0 Å². The van der Waals surface area contributed by atoms with E-state index in [4.69, 9.17) is 0 Å². The van der Waals surface area contributed by atoms with Crippen molar-refractivity contribution in [1.82, 2.24) is 4.90 Å². The first kappa shape index (κ1) is 21.7. The fourth-order valence-corrected chi connectivity index (χ4v) is 4.57. The number of hydrogen-bond donors (Lipinski definition) is 1. The monoisotopic (exact) mass is 413 g/mol. The van der Waals surface area contributed by atoms with E-state index in [0.717, 1.165) is 12.0 Å². The molecule has 0 amide bonds. The summed E-state index contributed by atoms with van der Waals surface area (Å²) in [4.78, 5) is 1.42. The molecule has 29 heavy (non-hydrogen) atoms. The van der Waals surface area contributed by atoms with Crippen molar-refractivity contribution in [1.29, 1.82) is 0 Å². The molecule has 1 N–H and O–H groups in total. The molecule has 2 nitrogen and oxygen atoms in total. The Kier molecular flexibility index (Phi) is 6.29. The first-order valence-corrected chi connectivity index (χ1v) is 9.61. The largest absolute Gasteiger partial charge is 0.389 e. The minimum absolute atomic E-state index is 0.234. The summed E-state index contributed by atoms with van der Waals surface area (Å²) >= 11 is 0. The van der Waals surface area contributed by atoms with E-state index in [1.807, 2.05) is 30.3 Å². The van der Waals surface area contributed by atoms with E-state index in [9.17, 15) is 27.1 Å². The predicted molar refractivity (Wildman–Crippen MR) is 99.7 cm³/mol. The Labute approximate surface area is 167 Å². The fourth-order valence-electron chi connectivity index (χ4n) is 4.57. The standard InChI is InChI=1S/C22H24F5NO/c1-28(2)21(15-16(23)18(25)20(27)19(26)17(15)24)14-10-6-7-11-22(14,29)12-13-8-4-3-5-9-13/h3-5,8-9,14,21,29H,6-7,10-12H2,1-2H3. The van der Waals surface area contributed by atoms with Crippen molar-refractivity contribution >= 4 is 0 Å². The zero-order valence-electron chi connectivity index (χ0n) is 16.4. The summed E-state index contributed by atoms with van der Waals surface area (Å²) in [5.74, 6) is -10.5. The molecule has 0 aromatic heterocycles. The summed E-state index contributed by atoms with van der Waals surface area (Å²) in [5.41, 5.74) is -1.38. The molecule has 1 aliphatic rings. The van der Waals surface area contributed by atoms with Crippen LogP contribution in [0.15, 0.2) is 30.3 Å². The molecule has 0 aliphatic heterocycles. The summed E-state index contributed by atoms with van der Waals surface area (Å²) in [5, 5.41) is 11.5. The van der Waals surface area contributed by atoms with Gasteiger partial charge in [0.2, 0.25) is 5.82 Å². The lowest BCUT2D eigenvalue weighted by Crippen LogP contribution is -2.49. The van der Waals surface area contributed by atoms with E-state index < -0.39 is 52.2 Å². The van der Waals surface area contributed by atoms with Gasteiger partial charge >= 0.3 is 0 Å². The quantitative estimate of drug-likeness (QED) is 0.416. The first-order valence-electron chi connectivity index (χ1n) is 9.61. The van der Waals surface area contributed by atoms with Crippen LogP contribution in [0.5, 0.6) is 0 Å². The Morgan fingerprint density at radius 2 is 1.48 bits per heavy atom. The number of nitrogens with zero attached hydrogens (tertiary/aromatic N) is 1. The lowest BCUT2D eigenvalue weighted by Gasteiger charge is -2.46. The van der Waals surface area contributed by atoms with Crippen LogP contribution in [0.2, 0.25) is 0 Å². The molecule has 1 fully saturated rings. The zero-order valence-corrected chi connectivity index (χ0v) is 16.4. The number of hydrogen-bond acceptors (Lipinski definition) is 2. The zero-order chi connectivity index (χ0) is 21.3. The van der Waals surface area contributed by atoms with Crippen molar-refractivity contribution in [2.75, 3.05) is 14.1 Å². The van der Waals surface area contributed by atoms with E-state index in [2.05, 4.69) is 0 Å². The average molecular weight is 413 g/mol. The van der Waals surface area contributed by atoms with Gasteiger partial charge in [0, 0.05) is 23.9 Å². The molecule has 1 saturated carbocycles. The van der Waals surface area contributed by atoms with Crippen molar-refractivity contribution in [2.24, 2.45) is 5.92 Å². The number of rotatable bonds is 5. The number of aliphatic hydroxyl groups is 1. The maximum Gasteiger partial charge on any atom is 0.200 e. The van der Waals surface area contributed by atoms with Gasteiger partial charge in [0.15, 0.2) is 23.3 Å². The Bertz CT molecular complexity index is 844. The molecular weight excluding hydrogens is 389 g/mol. The van der Waals surface area contributed by atoms with Gasteiger partial charge in [0.25, 0.3) is 0 Å².